The summed E-state index contributed by atoms with van der Waals surface area (Å²) in [5, 5.41) is 0. The van der Waals surface area contributed by atoms with Crippen molar-refractivity contribution < 1.29 is 0 Å². The van der Waals surface area contributed by atoms with Crippen molar-refractivity contribution in [2.24, 2.45) is 10.7 Å². The third kappa shape index (κ3) is 6.02. The number of aryl methyl sites for hydroxylation is 2. The summed E-state index contributed by atoms with van der Waals surface area (Å²) in [5.74, 6) is 1.64. The van der Waals surface area contributed by atoms with Gasteiger partial charge in [-0.15, -0.1) is 24.0 Å². The van der Waals surface area contributed by atoms with Crippen molar-refractivity contribution in [3.05, 3.63) is 54.1 Å². The number of likely N-dealkylation sites (tertiary alicyclic amines) is 1. The van der Waals surface area contributed by atoms with Crippen LogP contribution in [0.2, 0.25) is 0 Å². The Bertz CT molecular complexity index is 645. The molecule has 25 heavy (non-hydrogen) atoms. The number of hydrogen-bond donors (Lipinski definition) is 1. The summed E-state index contributed by atoms with van der Waals surface area (Å²) in [6.45, 7) is 3.51. The molecule has 1 aliphatic heterocycles. The van der Waals surface area contributed by atoms with Gasteiger partial charge >= 0.3 is 0 Å². The Labute approximate surface area is 167 Å². The van der Waals surface area contributed by atoms with Crippen LogP contribution in [0.4, 0.5) is 0 Å². The van der Waals surface area contributed by atoms with Crippen molar-refractivity contribution >= 4 is 29.9 Å². The highest BCUT2D eigenvalue weighted by atomic mass is 127. The summed E-state index contributed by atoms with van der Waals surface area (Å²) in [5.41, 5.74) is 7.53. The average Bonchev–Trinajstić information content (AvgIpc) is 2.89. The number of nitrogens with zero attached hydrogens (tertiary/aromatic N) is 4. The molecule has 1 aromatic heterocycles. The van der Waals surface area contributed by atoms with Crippen molar-refractivity contribution in [3.8, 4) is 0 Å². The fraction of sp³-hybridized carbons (Fsp3) is 0.474. The van der Waals surface area contributed by atoms with Crippen LogP contribution in [0.3, 0.4) is 0 Å². The highest BCUT2D eigenvalue weighted by molar-refractivity contribution is 14.0. The quantitative estimate of drug-likeness (QED) is 0.429. The lowest BCUT2D eigenvalue weighted by atomic mass is 10.1. The molecule has 0 bridgehead atoms. The van der Waals surface area contributed by atoms with E-state index in [0.29, 0.717) is 12.5 Å². The Morgan fingerprint density at radius 3 is 2.52 bits per heavy atom. The number of imidazole rings is 1. The van der Waals surface area contributed by atoms with E-state index in [1.165, 1.54) is 31.2 Å². The Kier molecular flexibility index (Phi) is 8.24. The first-order valence-corrected chi connectivity index (χ1v) is 8.92. The van der Waals surface area contributed by atoms with Gasteiger partial charge in [-0.2, -0.15) is 0 Å². The number of halogens is 1. The number of aliphatic imine (C=N–C) groups is 1. The maximum Gasteiger partial charge on any atom is 0.191 e. The number of aromatic nitrogens is 2. The van der Waals surface area contributed by atoms with Gasteiger partial charge in [-0.1, -0.05) is 43.2 Å². The Hall–Kier alpha value is -1.57. The average molecular weight is 453 g/mol. The first-order chi connectivity index (χ1) is 11.8. The van der Waals surface area contributed by atoms with Crippen LogP contribution in [0.5, 0.6) is 0 Å². The van der Waals surface area contributed by atoms with Crippen LogP contribution in [-0.2, 0) is 19.5 Å². The maximum atomic E-state index is 6.19. The largest absolute Gasteiger partial charge is 0.370 e. The zero-order chi connectivity index (χ0) is 16.6. The smallest absolute Gasteiger partial charge is 0.191 e. The van der Waals surface area contributed by atoms with E-state index in [4.69, 9.17) is 5.73 Å². The second kappa shape index (κ2) is 10.4. The fourth-order valence-electron chi connectivity index (χ4n) is 3.14. The molecule has 3 rings (SSSR count). The van der Waals surface area contributed by atoms with Crippen LogP contribution in [0.15, 0.2) is 47.7 Å². The van der Waals surface area contributed by atoms with Crippen LogP contribution in [-0.4, -0.2) is 33.5 Å². The van der Waals surface area contributed by atoms with E-state index in [1.54, 1.807) is 0 Å². The molecule has 6 heteroatoms. The molecule has 0 spiro atoms. The molecule has 0 amide bonds. The zero-order valence-corrected chi connectivity index (χ0v) is 17.0. The normalized spacial score (nSPS) is 15.5. The minimum atomic E-state index is 0. The van der Waals surface area contributed by atoms with Crippen LogP contribution < -0.4 is 5.73 Å². The Morgan fingerprint density at radius 2 is 1.80 bits per heavy atom. The van der Waals surface area contributed by atoms with Gasteiger partial charge in [0.05, 0.1) is 0 Å². The lowest BCUT2D eigenvalue weighted by Crippen LogP contribution is -2.38. The number of hydrogen-bond acceptors (Lipinski definition) is 2. The van der Waals surface area contributed by atoms with Gasteiger partial charge in [0.25, 0.3) is 0 Å². The van der Waals surface area contributed by atoms with Crippen LogP contribution in [0.1, 0.15) is 37.1 Å². The van der Waals surface area contributed by atoms with E-state index in [1.807, 2.05) is 18.5 Å². The molecule has 136 valence electrons. The molecule has 1 aromatic carbocycles. The second-order valence-electron chi connectivity index (χ2n) is 6.35. The minimum absolute atomic E-state index is 0. The molecule has 5 nitrogen and oxygen atoms in total. The Balaban J connectivity index is 0.00000225. The molecule has 1 saturated heterocycles. The lowest BCUT2D eigenvalue weighted by Gasteiger charge is -2.21. The minimum Gasteiger partial charge on any atom is -0.370 e. The fourth-order valence-corrected chi connectivity index (χ4v) is 3.14. The van der Waals surface area contributed by atoms with Crippen molar-refractivity contribution in [3.63, 3.8) is 0 Å². The van der Waals surface area contributed by atoms with Gasteiger partial charge in [-0.25, -0.2) is 9.98 Å². The summed E-state index contributed by atoms with van der Waals surface area (Å²) in [7, 11) is 0. The van der Waals surface area contributed by atoms with E-state index >= 15 is 0 Å². The predicted octanol–water partition coefficient (Wildman–Crippen LogP) is 3.43. The monoisotopic (exact) mass is 453 g/mol. The van der Waals surface area contributed by atoms with Crippen LogP contribution in [0.25, 0.3) is 0 Å². The Morgan fingerprint density at radius 1 is 1.08 bits per heavy atom. The highest BCUT2D eigenvalue weighted by Crippen LogP contribution is 2.10. The van der Waals surface area contributed by atoms with Crippen molar-refractivity contribution in [1.29, 1.82) is 0 Å². The topological polar surface area (TPSA) is 59.4 Å². The highest BCUT2D eigenvalue weighted by Gasteiger charge is 2.11. The van der Waals surface area contributed by atoms with E-state index in [0.717, 1.165) is 31.9 Å². The third-order valence-corrected chi connectivity index (χ3v) is 4.60. The summed E-state index contributed by atoms with van der Waals surface area (Å²) >= 11 is 0. The summed E-state index contributed by atoms with van der Waals surface area (Å²) in [4.78, 5) is 11.2. The van der Waals surface area contributed by atoms with Gasteiger partial charge in [-0.3, -0.25) is 0 Å². The molecule has 2 aromatic rings. The van der Waals surface area contributed by atoms with E-state index in [-0.39, 0.29) is 24.0 Å². The number of rotatable bonds is 5. The van der Waals surface area contributed by atoms with E-state index < -0.39 is 0 Å². The van der Waals surface area contributed by atoms with Crippen molar-refractivity contribution in [1.82, 2.24) is 14.5 Å². The molecule has 0 saturated carbocycles. The van der Waals surface area contributed by atoms with Crippen molar-refractivity contribution in [2.45, 2.75) is 45.2 Å². The molecule has 0 atom stereocenters. The standard InChI is InChI=1S/C19H27N5.HI/c20-19(24-12-6-1-2-7-13-24)22-16-18-21-11-15-23(18)14-10-17-8-4-3-5-9-17;/h3-5,8-9,11,15H,1-2,6-7,10,12-14,16H2,(H2,20,22);1H. The van der Waals surface area contributed by atoms with Crippen LogP contribution in [0, 0.1) is 0 Å². The van der Waals surface area contributed by atoms with Gasteiger partial charge in [0.2, 0.25) is 0 Å². The first-order valence-electron chi connectivity index (χ1n) is 8.92. The van der Waals surface area contributed by atoms with Crippen LogP contribution >= 0.6 is 24.0 Å². The molecule has 1 aliphatic rings. The predicted molar refractivity (Wildman–Crippen MR) is 113 cm³/mol. The van der Waals surface area contributed by atoms with Gasteiger partial charge < -0.3 is 15.2 Å². The molecule has 0 unspecified atom stereocenters. The zero-order valence-electron chi connectivity index (χ0n) is 14.7. The molecular formula is C19H28IN5. The number of guanidine groups is 1. The number of benzene rings is 1. The molecule has 2 heterocycles. The summed E-state index contributed by atoms with van der Waals surface area (Å²) in [6.07, 6.45) is 9.88. The van der Waals surface area contributed by atoms with Gasteiger partial charge in [0, 0.05) is 32.0 Å². The summed E-state index contributed by atoms with van der Waals surface area (Å²) < 4.78 is 2.17. The third-order valence-electron chi connectivity index (χ3n) is 4.60. The maximum absolute atomic E-state index is 6.19. The molecule has 0 aliphatic carbocycles. The molecular weight excluding hydrogens is 425 g/mol. The van der Waals surface area contributed by atoms with Crippen molar-refractivity contribution in [2.75, 3.05) is 13.1 Å². The lowest BCUT2D eigenvalue weighted by molar-refractivity contribution is 0.428. The molecule has 2 N–H and O–H groups in total. The SMILES string of the molecule is I.NC(=NCc1nccn1CCc1ccccc1)N1CCCCCC1. The van der Waals surface area contributed by atoms with Gasteiger partial charge in [0.1, 0.15) is 12.4 Å². The first kappa shape index (κ1) is 19.8. The molecule has 1 fully saturated rings. The van der Waals surface area contributed by atoms with E-state index in [2.05, 4.69) is 43.7 Å². The second-order valence-corrected chi connectivity index (χ2v) is 6.35. The summed E-state index contributed by atoms with van der Waals surface area (Å²) in [6, 6.07) is 10.5. The molecule has 0 radical (unpaired) electrons. The number of nitrogens with two attached hydrogens (primary N) is 1. The van der Waals surface area contributed by atoms with Gasteiger partial charge in [-0.05, 0) is 24.8 Å². The van der Waals surface area contributed by atoms with E-state index in [9.17, 15) is 0 Å². The van der Waals surface area contributed by atoms with Gasteiger partial charge in [0.15, 0.2) is 5.96 Å².